The molecule has 5 nitrogen and oxygen atoms in total. The molecule has 0 aliphatic heterocycles. The lowest BCUT2D eigenvalue weighted by Crippen LogP contribution is -2.08. The van der Waals surface area contributed by atoms with Crippen molar-refractivity contribution in [1.29, 1.82) is 0 Å². The van der Waals surface area contributed by atoms with Gasteiger partial charge >= 0.3 is 12.1 Å². The summed E-state index contributed by atoms with van der Waals surface area (Å²) < 4.78 is 45.1. The van der Waals surface area contributed by atoms with Crippen molar-refractivity contribution in [2.24, 2.45) is 0 Å². The van der Waals surface area contributed by atoms with Crippen molar-refractivity contribution in [3.8, 4) is 11.3 Å². The van der Waals surface area contributed by atoms with Crippen LogP contribution in [-0.2, 0) is 10.9 Å². The number of halogens is 3. The fourth-order valence-electron chi connectivity index (χ4n) is 3.37. The molecule has 0 atom stereocenters. The molecule has 4 rings (SSSR count). The molecule has 2 aromatic heterocycles. The van der Waals surface area contributed by atoms with Gasteiger partial charge in [-0.1, -0.05) is 42.5 Å². The second kappa shape index (κ2) is 8.30. The van der Waals surface area contributed by atoms with Gasteiger partial charge in [0.15, 0.2) is 0 Å². The molecular weight excluding hydrogens is 421 g/mol. The number of carbonyl (C=O) groups is 2. The Morgan fingerprint density at radius 3 is 2.31 bits per heavy atom. The lowest BCUT2D eigenvalue weighted by molar-refractivity contribution is -0.137. The van der Waals surface area contributed by atoms with Gasteiger partial charge in [-0.3, -0.25) is 9.20 Å². The Balaban J connectivity index is 1.82. The maximum absolute atomic E-state index is 13.1. The van der Waals surface area contributed by atoms with E-state index in [0.29, 0.717) is 11.2 Å². The SMILES string of the molecule is CCOC(=O)c1cc(C(=O)c2ccc(C(F)(F)F)cc2)n2cnc(-c3ccccc3)cc12. The summed E-state index contributed by atoms with van der Waals surface area (Å²) in [7, 11) is 0. The number of hydrogen-bond donors (Lipinski definition) is 0. The first kappa shape index (κ1) is 21.3. The second-order valence-electron chi connectivity index (χ2n) is 6.96. The molecule has 4 aromatic rings. The number of benzene rings is 2. The molecule has 0 aliphatic carbocycles. The molecule has 162 valence electrons. The summed E-state index contributed by atoms with van der Waals surface area (Å²) >= 11 is 0. The lowest BCUT2D eigenvalue weighted by atomic mass is 10.1. The maximum Gasteiger partial charge on any atom is 0.416 e. The number of aromatic nitrogens is 2. The van der Waals surface area contributed by atoms with E-state index < -0.39 is 23.5 Å². The minimum absolute atomic E-state index is 0.0555. The van der Waals surface area contributed by atoms with E-state index in [1.165, 1.54) is 16.8 Å². The van der Waals surface area contributed by atoms with E-state index >= 15 is 0 Å². The van der Waals surface area contributed by atoms with Gasteiger partial charge in [-0.15, -0.1) is 0 Å². The number of hydrogen-bond acceptors (Lipinski definition) is 4. The zero-order valence-corrected chi connectivity index (χ0v) is 16.9. The smallest absolute Gasteiger partial charge is 0.416 e. The monoisotopic (exact) mass is 438 g/mol. The normalized spacial score (nSPS) is 11.5. The minimum Gasteiger partial charge on any atom is -0.462 e. The van der Waals surface area contributed by atoms with Gasteiger partial charge in [-0.05, 0) is 31.2 Å². The summed E-state index contributed by atoms with van der Waals surface area (Å²) in [6, 6.07) is 16.3. The summed E-state index contributed by atoms with van der Waals surface area (Å²) in [6.45, 7) is 1.82. The molecule has 0 spiro atoms. The first-order chi connectivity index (χ1) is 15.3. The van der Waals surface area contributed by atoms with Crippen LogP contribution >= 0.6 is 0 Å². The van der Waals surface area contributed by atoms with Gasteiger partial charge in [0, 0.05) is 11.1 Å². The van der Waals surface area contributed by atoms with E-state index in [1.54, 1.807) is 13.0 Å². The van der Waals surface area contributed by atoms with Crippen LogP contribution in [0, 0.1) is 0 Å². The average molecular weight is 438 g/mol. The maximum atomic E-state index is 13.1. The van der Waals surface area contributed by atoms with Crippen molar-refractivity contribution < 1.29 is 27.5 Å². The fourth-order valence-corrected chi connectivity index (χ4v) is 3.37. The Morgan fingerprint density at radius 1 is 1.00 bits per heavy atom. The summed E-state index contributed by atoms with van der Waals surface area (Å²) in [4.78, 5) is 30.0. The van der Waals surface area contributed by atoms with Crippen LogP contribution < -0.4 is 0 Å². The quantitative estimate of drug-likeness (QED) is 0.308. The van der Waals surface area contributed by atoms with E-state index in [1.807, 2.05) is 30.3 Å². The second-order valence-corrected chi connectivity index (χ2v) is 6.96. The van der Waals surface area contributed by atoms with Crippen LogP contribution in [0.5, 0.6) is 0 Å². The van der Waals surface area contributed by atoms with E-state index in [9.17, 15) is 22.8 Å². The Hall–Kier alpha value is -3.94. The highest BCUT2D eigenvalue weighted by atomic mass is 19.4. The summed E-state index contributed by atoms with van der Waals surface area (Å²) in [5, 5.41) is 0. The topological polar surface area (TPSA) is 60.7 Å². The molecule has 0 bridgehead atoms. The lowest BCUT2D eigenvalue weighted by Gasteiger charge is -2.08. The number of fused-ring (bicyclic) bond motifs is 1. The van der Waals surface area contributed by atoms with Crippen molar-refractivity contribution in [2.45, 2.75) is 13.1 Å². The Labute approximate surface area is 181 Å². The molecule has 0 radical (unpaired) electrons. The zero-order valence-electron chi connectivity index (χ0n) is 16.9. The van der Waals surface area contributed by atoms with Gasteiger partial charge in [0.25, 0.3) is 0 Å². The van der Waals surface area contributed by atoms with Crippen molar-refractivity contribution in [3.63, 3.8) is 0 Å². The van der Waals surface area contributed by atoms with E-state index in [2.05, 4.69) is 4.98 Å². The molecule has 0 amide bonds. The molecule has 0 aliphatic rings. The molecule has 0 saturated heterocycles. The fraction of sp³-hybridized carbons (Fsp3) is 0.125. The number of carbonyl (C=O) groups excluding carboxylic acids is 2. The van der Waals surface area contributed by atoms with Gasteiger partial charge in [0.05, 0.1) is 34.6 Å². The summed E-state index contributed by atoms with van der Waals surface area (Å²) in [5.41, 5.74) is 1.29. The first-order valence-corrected chi connectivity index (χ1v) is 9.75. The van der Waals surface area contributed by atoms with E-state index in [-0.39, 0.29) is 23.4 Å². The third kappa shape index (κ3) is 3.99. The third-order valence-electron chi connectivity index (χ3n) is 4.93. The highest BCUT2D eigenvalue weighted by Gasteiger charge is 2.30. The Morgan fingerprint density at radius 2 is 1.69 bits per heavy atom. The number of esters is 1. The van der Waals surface area contributed by atoms with Crippen molar-refractivity contribution in [1.82, 2.24) is 9.38 Å². The van der Waals surface area contributed by atoms with Crippen molar-refractivity contribution in [2.75, 3.05) is 6.61 Å². The molecule has 0 unspecified atom stereocenters. The Bertz CT molecular complexity index is 1290. The van der Waals surface area contributed by atoms with Crippen molar-refractivity contribution >= 4 is 17.3 Å². The highest BCUT2D eigenvalue weighted by Crippen LogP contribution is 2.30. The first-order valence-electron chi connectivity index (χ1n) is 9.75. The van der Waals surface area contributed by atoms with Crippen molar-refractivity contribution in [3.05, 3.63) is 95.4 Å². The van der Waals surface area contributed by atoms with Gasteiger partial charge in [-0.25, -0.2) is 9.78 Å². The highest BCUT2D eigenvalue weighted by molar-refractivity contribution is 6.11. The number of nitrogens with zero attached hydrogens (tertiary/aromatic N) is 2. The van der Waals surface area contributed by atoms with E-state index in [4.69, 9.17) is 4.74 Å². The zero-order chi connectivity index (χ0) is 22.9. The van der Waals surface area contributed by atoms with Gasteiger partial charge in [0.1, 0.15) is 6.33 Å². The van der Waals surface area contributed by atoms with Crippen LogP contribution in [0.1, 0.15) is 38.9 Å². The van der Waals surface area contributed by atoms with Gasteiger partial charge in [-0.2, -0.15) is 13.2 Å². The molecular formula is C24H17F3N2O3. The molecule has 0 N–H and O–H groups in total. The predicted molar refractivity (Wildman–Crippen MR) is 111 cm³/mol. The standard InChI is InChI=1S/C24H17F3N2O3/c1-2-32-23(31)18-12-21(22(30)16-8-10-17(11-9-16)24(25,26)27)29-14-28-19(13-20(18)29)15-6-4-3-5-7-15/h3-14H,2H2,1H3. The molecule has 0 saturated carbocycles. The number of ether oxygens (including phenoxy) is 1. The summed E-state index contributed by atoms with van der Waals surface area (Å²) in [5.74, 6) is -1.15. The minimum atomic E-state index is -4.50. The van der Waals surface area contributed by atoms with E-state index in [0.717, 1.165) is 29.8 Å². The van der Waals surface area contributed by atoms with Gasteiger partial charge in [0.2, 0.25) is 5.78 Å². The largest absolute Gasteiger partial charge is 0.462 e. The van der Waals surface area contributed by atoms with Crippen LogP contribution in [0.4, 0.5) is 13.2 Å². The molecule has 32 heavy (non-hydrogen) atoms. The van der Waals surface area contributed by atoms with Crippen LogP contribution in [-0.4, -0.2) is 27.7 Å². The Kier molecular flexibility index (Phi) is 5.52. The number of ketones is 1. The van der Waals surface area contributed by atoms with Crippen LogP contribution in [0.2, 0.25) is 0 Å². The number of rotatable bonds is 5. The molecule has 8 heteroatoms. The van der Waals surface area contributed by atoms with Crippen LogP contribution in [0.15, 0.2) is 73.1 Å². The average Bonchev–Trinajstić information content (AvgIpc) is 3.18. The molecule has 0 fully saturated rings. The third-order valence-corrected chi connectivity index (χ3v) is 4.93. The number of alkyl halides is 3. The molecule has 2 aromatic carbocycles. The summed E-state index contributed by atoms with van der Waals surface area (Å²) in [6.07, 6.45) is -3.09. The van der Waals surface area contributed by atoms with Gasteiger partial charge < -0.3 is 4.74 Å². The predicted octanol–water partition coefficient (Wildman–Crippen LogP) is 5.43. The molecule has 2 heterocycles. The van der Waals surface area contributed by atoms with Crippen LogP contribution in [0.25, 0.3) is 16.8 Å². The van der Waals surface area contributed by atoms with Crippen LogP contribution in [0.3, 0.4) is 0 Å².